The van der Waals surface area contributed by atoms with Gasteiger partial charge in [0.2, 0.25) is 5.09 Å². The van der Waals surface area contributed by atoms with Gasteiger partial charge in [0.15, 0.2) is 0 Å². The largest absolute Gasteiger partial charge is 0.447 e. The lowest BCUT2D eigenvalue weighted by Gasteiger charge is -2.16. The molecule has 1 rings (SSSR count). The third-order valence-electron chi connectivity index (χ3n) is 3.32. The van der Waals surface area contributed by atoms with E-state index in [1.165, 1.54) is 6.07 Å². The lowest BCUT2D eigenvalue weighted by atomic mass is 10.1. The molecule has 0 saturated heterocycles. The van der Waals surface area contributed by atoms with Gasteiger partial charge in [-0.1, -0.05) is 40.0 Å². The molecule has 1 heterocycles. The van der Waals surface area contributed by atoms with Crippen LogP contribution in [0.3, 0.4) is 0 Å². The molecule has 1 aromatic heterocycles. The van der Waals surface area contributed by atoms with Crippen molar-refractivity contribution in [1.29, 1.82) is 0 Å². The molecule has 0 spiro atoms. The Labute approximate surface area is 128 Å². The third-order valence-corrected chi connectivity index (χ3v) is 4.71. The van der Waals surface area contributed by atoms with Crippen molar-refractivity contribution >= 4 is 10.0 Å². The van der Waals surface area contributed by atoms with Crippen molar-refractivity contribution in [3.05, 3.63) is 17.9 Å². The molecule has 0 bridgehead atoms. The van der Waals surface area contributed by atoms with Crippen LogP contribution in [0.25, 0.3) is 0 Å². The summed E-state index contributed by atoms with van der Waals surface area (Å²) in [5.74, 6) is 0.637. The van der Waals surface area contributed by atoms with Crippen molar-refractivity contribution in [3.8, 4) is 0 Å². The lowest BCUT2D eigenvalue weighted by molar-refractivity contribution is 0.395. The van der Waals surface area contributed by atoms with Gasteiger partial charge in [0.05, 0.1) is 6.54 Å². The Bertz CT molecular complexity index is 497. The van der Waals surface area contributed by atoms with Gasteiger partial charge in [-0.15, -0.1) is 0 Å². The number of sulfonamides is 1. The van der Waals surface area contributed by atoms with Crippen molar-refractivity contribution in [2.45, 2.75) is 70.6 Å². The monoisotopic (exact) mass is 316 g/mol. The Hall–Kier alpha value is -0.850. The first-order chi connectivity index (χ1) is 10.0. The topological polar surface area (TPSA) is 71.3 Å². The van der Waals surface area contributed by atoms with E-state index in [1.807, 2.05) is 6.92 Å². The highest BCUT2D eigenvalue weighted by Crippen LogP contribution is 2.16. The van der Waals surface area contributed by atoms with Gasteiger partial charge in [0, 0.05) is 6.04 Å². The van der Waals surface area contributed by atoms with Crippen molar-refractivity contribution < 1.29 is 12.8 Å². The van der Waals surface area contributed by atoms with Crippen molar-refractivity contribution in [2.75, 3.05) is 6.54 Å². The average molecular weight is 316 g/mol. The predicted molar refractivity (Wildman–Crippen MR) is 84.6 cm³/mol. The Kier molecular flexibility index (Phi) is 8.00. The molecule has 0 aromatic carbocycles. The molecule has 0 fully saturated rings. The Morgan fingerprint density at radius 2 is 1.90 bits per heavy atom. The molecule has 122 valence electrons. The van der Waals surface area contributed by atoms with Gasteiger partial charge in [-0.2, -0.15) is 0 Å². The second-order valence-electron chi connectivity index (χ2n) is 5.25. The second kappa shape index (κ2) is 9.23. The first kappa shape index (κ1) is 18.2. The summed E-state index contributed by atoms with van der Waals surface area (Å²) in [5.41, 5.74) is 0. The van der Waals surface area contributed by atoms with E-state index in [0.29, 0.717) is 12.3 Å². The van der Waals surface area contributed by atoms with Crippen LogP contribution in [0.2, 0.25) is 0 Å². The smallest absolute Gasteiger partial charge is 0.274 e. The molecule has 0 aliphatic rings. The molecule has 0 amide bonds. The highest BCUT2D eigenvalue weighted by Gasteiger charge is 2.22. The zero-order chi connectivity index (χ0) is 15.7. The summed E-state index contributed by atoms with van der Waals surface area (Å²) >= 11 is 0. The SMILES string of the molecule is CCCCC(CCC)NS(=O)(=O)c1ccc(CNCC)o1. The number of nitrogens with one attached hydrogen (secondary N) is 2. The third kappa shape index (κ3) is 6.20. The van der Waals surface area contributed by atoms with Gasteiger partial charge in [-0.3, -0.25) is 0 Å². The molecule has 5 nitrogen and oxygen atoms in total. The van der Waals surface area contributed by atoms with Crippen LogP contribution in [0.5, 0.6) is 0 Å². The van der Waals surface area contributed by atoms with Crippen LogP contribution >= 0.6 is 0 Å². The van der Waals surface area contributed by atoms with Gasteiger partial charge in [-0.25, -0.2) is 13.1 Å². The summed E-state index contributed by atoms with van der Waals surface area (Å²) in [7, 11) is -3.56. The summed E-state index contributed by atoms with van der Waals surface area (Å²) in [4.78, 5) is 0. The van der Waals surface area contributed by atoms with Crippen LogP contribution in [0, 0.1) is 0 Å². The molecule has 0 radical (unpaired) electrons. The predicted octanol–water partition coefficient (Wildman–Crippen LogP) is 3.03. The highest BCUT2D eigenvalue weighted by molar-refractivity contribution is 7.89. The molecule has 0 aliphatic carbocycles. The Balaban J connectivity index is 2.71. The quantitative estimate of drug-likeness (QED) is 0.658. The van der Waals surface area contributed by atoms with E-state index >= 15 is 0 Å². The minimum atomic E-state index is -3.56. The van der Waals surface area contributed by atoms with E-state index in [1.54, 1.807) is 6.07 Å². The standard InChI is InChI=1S/C15H28N2O3S/c1-4-7-9-13(8-5-2)17-21(18,19)15-11-10-14(20-15)12-16-6-3/h10-11,13,16-17H,4-9,12H2,1-3H3. The molecular weight excluding hydrogens is 288 g/mol. The van der Waals surface area contributed by atoms with Crippen LogP contribution in [0.15, 0.2) is 21.6 Å². The summed E-state index contributed by atoms with van der Waals surface area (Å²) in [6, 6.07) is 3.22. The highest BCUT2D eigenvalue weighted by atomic mass is 32.2. The fraction of sp³-hybridized carbons (Fsp3) is 0.733. The van der Waals surface area contributed by atoms with E-state index in [4.69, 9.17) is 4.42 Å². The fourth-order valence-electron chi connectivity index (χ4n) is 2.18. The lowest BCUT2D eigenvalue weighted by Crippen LogP contribution is -2.34. The fourth-order valence-corrected chi connectivity index (χ4v) is 3.44. The van der Waals surface area contributed by atoms with Crippen molar-refractivity contribution in [3.63, 3.8) is 0 Å². The maximum Gasteiger partial charge on any atom is 0.274 e. The zero-order valence-electron chi connectivity index (χ0n) is 13.3. The van der Waals surface area contributed by atoms with Gasteiger partial charge in [0.25, 0.3) is 10.0 Å². The van der Waals surface area contributed by atoms with Crippen LogP contribution in [0.1, 0.15) is 58.6 Å². The van der Waals surface area contributed by atoms with Crippen molar-refractivity contribution in [2.24, 2.45) is 0 Å². The second-order valence-corrected chi connectivity index (χ2v) is 6.90. The Morgan fingerprint density at radius 1 is 1.14 bits per heavy atom. The first-order valence-corrected chi connectivity index (χ1v) is 9.33. The maximum absolute atomic E-state index is 12.3. The molecule has 0 saturated carbocycles. The number of rotatable bonds is 11. The zero-order valence-corrected chi connectivity index (χ0v) is 14.1. The molecular formula is C15H28N2O3S. The molecule has 1 atom stereocenters. The number of hydrogen-bond acceptors (Lipinski definition) is 4. The molecule has 6 heteroatoms. The van der Waals surface area contributed by atoms with Crippen LogP contribution in [-0.2, 0) is 16.6 Å². The van der Waals surface area contributed by atoms with Gasteiger partial charge < -0.3 is 9.73 Å². The van der Waals surface area contributed by atoms with E-state index < -0.39 is 10.0 Å². The number of unbranched alkanes of at least 4 members (excludes halogenated alkanes) is 1. The van der Waals surface area contributed by atoms with Gasteiger partial charge in [0.1, 0.15) is 5.76 Å². The summed E-state index contributed by atoms with van der Waals surface area (Å²) in [6.45, 7) is 7.52. The van der Waals surface area contributed by atoms with E-state index in [2.05, 4.69) is 23.9 Å². The van der Waals surface area contributed by atoms with E-state index in [-0.39, 0.29) is 11.1 Å². The molecule has 0 aliphatic heterocycles. The molecule has 1 unspecified atom stereocenters. The summed E-state index contributed by atoms with van der Waals surface area (Å²) < 4.78 is 32.9. The molecule has 2 N–H and O–H groups in total. The van der Waals surface area contributed by atoms with Crippen LogP contribution in [-0.4, -0.2) is 21.0 Å². The van der Waals surface area contributed by atoms with Crippen LogP contribution < -0.4 is 10.0 Å². The van der Waals surface area contributed by atoms with Crippen LogP contribution in [0.4, 0.5) is 0 Å². The molecule has 1 aromatic rings. The minimum absolute atomic E-state index is 0.00741. The van der Waals surface area contributed by atoms with E-state index in [9.17, 15) is 8.42 Å². The van der Waals surface area contributed by atoms with Crippen molar-refractivity contribution in [1.82, 2.24) is 10.0 Å². The molecule has 21 heavy (non-hydrogen) atoms. The number of furan rings is 1. The maximum atomic E-state index is 12.3. The average Bonchev–Trinajstić information content (AvgIpc) is 2.92. The minimum Gasteiger partial charge on any atom is -0.447 e. The van der Waals surface area contributed by atoms with Gasteiger partial charge in [-0.05, 0) is 31.5 Å². The van der Waals surface area contributed by atoms with E-state index in [0.717, 1.165) is 38.6 Å². The summed E-state index contributed by atoms with van der Waals surface area (Å²) in [6.07, 6.45) is 4.77. The summed E-state index contributed by atoms with van der Waals surface area (Å²) in [5, 5.41) is 3.12. The Morgan fingerprint density at radius 3 is 2.52 bits per heavy atom. The number of hydrogen-bond donors (Lipinski definition) is 2. The van der Waals surface area contributed by atoms with Gasteiger partial charge >= 0.3 is 0 Å². The normalized spacial score (nSPS) is 13.5. The first-order valence-electron chi connectivity index (χ1n) is 7.85.